The second-order valence-corrected chi connectivity index (χ2v) is 5.50. The van der Waals surface area contributed by atoms with Crippen LogP contribution in [0, 0.1) is 0 Å². The molecule has 1 aromatic heterocycles. The van der Waals surface area contributed by atoms with Gasteiger partial charge in [0.25, 0.3) is 5.91 Å². The zero-order valence-corrected chi connectivity index (χ0v) is 11.4. The van der Waals surface area contributed by atoms with Gasteiger partial charge in [0.2, 0.25) is 0 Å². The van der Waals surface area contributed by atoms with Crippen LogP contribution in [0.25, 0.3) is 0 Å². The molecule has 1 aromatic rings. The summed E-state index contributed by atoms with van der Waals surface area (Å²) in [7, 11) is -0.902. The number of nitrogens with zero attached hydrogens (tertiary/aromatic N) is 1. The molecule has 1 amide bonds. The van der Waals surface area contributed by atoms with Gasteiger partial charge in [-0.15, -0.1) is 0 Å². The summed E-state index contributed by atoms with van der Waals surface area (Å²) in [6, 6.07) is 3.24. The van der Waals surface area contributed by atoms with Crippen LogP contribution < -0.4 is 5.32 Å². The van der Waals surface area contributed by atoms with Gasteiger partial charge >= 0.3 is 0 Å². The largest absolute Gasteiger partial charge is 0.351 e. The molecule has 1 heterocycles. The van der Waals surface area contributed by atoms with Crippen LogP contribution in [0.1, 0.15) is 23.0 Å². The van der Waals surface area contributed by atoms with Gasteiger partial charge in [-0.25, -0.2) is 4.98 Å². The molecular formula is C11H15ClN2O2S. The van der Waals surface area contributed by atoms with E-state index in [4.69, 9.17) is 11.6 Å². The smallest absolute Gasteiger partial charge is 0.251 e. The number of carbonyl (C=O) groups is 1. The summed E-state index contributed by atoms with van der Waals surface area (Å²) in [4.78, 5) is 15.8. The molecule has 4 nitrogen and oxygen atoms in total. The first-order valence-electron chi connectivity index (χ1n) is 5.27. The topological polar surface area (TPSA) is 59.1 Å². The van der Waals surface area contributed by atoms with E-state index in [2.05, 4.69) is 10.3 Å². The molecule has 94 valence electrons. The van der Waals surface area contributed by atoms with E-state index in [-0.39, 0.29) is 5.91 Å². The zero-order valence-electron chi connectivity index (χ0n) is 9.83. The molecule has 0 spiro atoms. The first-order valence-corrected chi connectivity index (χ1v) is 7.38. The van der Waals surface area contributed by atoms with Crippen LogP contribution in [-0.4, -0.2) is 33.7 Å². The van der Waals surface area contributed by atoms with Crippen molar-refractivity contribution in [3.05, 3.63) is 28.5 Å². The number of rotatable bonds is 5. The van der Waals surface area contributed by atoms with E-state index >= 15 is 0 Å². The first kappa shape index (κ1) is 14.1. The lowest BCUT2D eigenvalue weighted by molar-refractivity contribution is 0.0956. The average Bonchev–Trinajstić information content (AvgIpc) is 2.27. The van der Waals surface area contributed by atoms with Crippen LogP contribution in [0.4, 0.5) is 0 Å². The predicted octanol–water partition coefficient (Wildman–Crippen LogP) is 1.41. The molecule has 0 fully saturated rings. The molecule has 0 aliphatic rings. The van der Waals surface area contributed by atoms with Crippen molar-refractivity contribution in [1.29, 1.82) is 0 Å². The summed E-state index contributed by atoms with van der Waals surface area (Å²) >= 11 is 5.82. The van der Waals surface area contributed by atoms with E-state index in [0.717, 1.165) is 12.1 Å². The minimum absolute atomic E-state index is 0.213. The maximum absolute atomic E-state index is 11.8. The molecule has 0 aliphatic heterocycles. The molecule has 0 aromatic carbocycles. The number of aromatic nitrogens is 1. The number of amides is 1. The SMILES string of the molecule is CCc1cc(C(=O)NCCS(C)=O)cc(Cl)n1. The van der Waals surface area contributed by atoms with E-state index in [1.807, 2.05) is 6.92 Å². The van der Waals surface area contributed by atoms with Gasteiger partial charge in [0.05, 0.1) is 0 Å². The van der Waals surface area contributed by atoms with Crippen LogP contribution in [0.2, 0.25) is 5.15 Å². The van der Waals surface area contributed by atoms with Gasteiger partial charge in [-0.3, -0.25) is 9.00 Å². The molecule has 0 bridgehead atoms. The Kier molecular flexibility index (Phi) is 5.58. The normalized spacial score (nSPS) is 12.2. The van der Waals surface area contributed by atoms with Crippen LogP contribution in [0.15, 0.2) is 12.1 Å². The molecule has 0 saturated heterocycles. The third-order valence-electron chi connectivity index (χ3n) is 2.15. The number of halogens is 1. The highest BCUT2D eigenvalue weighted by Gasteiger charge is 2.08. The Labute approximate surface area is 108 Å². The van der Waals surface area contributed by atoms with Crippen LogP contribution in [0.3, 0.4) is 0 Å². The zero-order chi connectivity index (χ0) is 12.8. The van der Waals surface area contributed by atoms with Crippen molar-refractivity contribution in [2.45, 2.75) is 13.3 Å². The molecule has 17 heavy (non-hydrogen) atoms. The fourth-order valence-corrected chi connectivity index (χ4v) is 1.89. The Bertz CT molecular complexity index is 437. The monoisotopic (exact) mass is 274 g/mol. The fraction of sp³-hybridized carbons (Fsp3) is 0.455. The number of hydrogen-bond acceptors (Lipinski definition) is 3. The summed E-state index contributed by atoms with van der Waals surface area (Å²) in [5.41, 5.74) is 1.27. The van der Waals surface area contributed by atoms with Crippen molar-refractivity contribution in [1.82, 2.24) is 10.3 Å². The number of carbonyl (C=O) groups excluding carboxylic acids is 1. The van der Waals surface area contributed by atoms with Crippen molar-refractivity contribution >= 4 is 28.3 Å². The van der Waals surface area contributed by atoms with E-state index < -0.39 is 10.8 Å². The fourth-order valence-electron chi connectivity index (χ4n) is 1.27. The maximum Gasteiger partial charge on any atom is 0.251 e. The quantitative estimate of drug-likeness (QED) is 0.826. The maximum atomic E-state index is 11.8. The van der Waals surface area contributed by atoms with Gasteiger partial charge in [-0.1, -0.05) is 18.5 Å². The summed E-state index contributed by atoms with van der Waals surface area (Å²) in [5.74, 6) is 0.236. The Hall–Kier alpha value is -0.940. The molecule has 0 radical (unpaired) electrons. The highest BCUT2D eigenvalue weighted by Crippen LogP contribution is 2.11. The molecule has 6 heteroatoms. The summed E-state index contributed by atoms with van der Waals surface area (Å²) in [6.07, 6.45) is 2.32. The molecular weight excluding hydrogens is 260 g/mol. The van der Waals surface area contributed by atoms with E-state index in [9.17, 15) is 9.00 Å². The Balaban J connectivity index is 2.68. The predicted molar refractivity (Wildman–Crippen MR) is 69.9 cm³/mol. The van der Waals surface area contributed by atoms with Crippen LogP contribution in [-0.2, 0) is 17.2 Å². The Morgan fingerprint density at radius 3 is 2.82 bits per heavy atom. The van der Waals surface area contributed by atoms with Crippen LogP contribution >= 0.6 is 11.6 Å². The van der Waals surface area contributed by atoms with Crippen LogP contribution in [0.5, 0.6) is 0 Å². The lowest BCUT2D eigenvalue weighted by atomic mass is 10.2. The number of pyridine rings is 1. The van der Waals surface area contributed by atoms with Gasteiger partial charge in [0.1, 0.15) is 5.15 Å². The lowest BCUT2D eigenvalue weighted by Crippen LogP contribution is -2.27. The standard InChI is InChI=1S/C11H15ClN2O2S/c1-3-9-6-8(7-10(12)14-9)11(15)13-4-5-17(2)16/h6-7H,3-5H2,1-2H3,(H,13,15). The molecule has 1 N–H and O–H groups in total. The summed E-state index contributed by atoms with van der Waals surface area (Å²) in [6.45, 7) is 2.34. The molecule has 1 atom stereocenters. The third-order valence-corrected chi connectivity index (χ3v) is 3.12. The summed E-state index contributed by atoms with van der Waals surface area (Å²) < 4.78 is 10.8. The van der Waals surface area contributed by atoms with Gasteiger partial charge in [0, 0.05) is 40.6 Å². The second kappa shape index (κ2) is 6.71. The third kappa shape index (κ3) is 4.83. The van der Waals surface area contributed by atoms with Crippen molar-refractivity contribution < 1.29 is 9.00 Å². The number of nitrogens with one attached hydrogen (secondary N) is 1. The second-order valence-electron chi connectivity index (χ2n) is 3.56. The van der Waals surface area contributed by atoms with E-state index in [1.165, 1.54) is 6.07 Å². The van der Waals surface area contributed by atoms with E-state index in [0.29, 0.717) is 23.0 Å². The number of hydrogen-bond donors (Lipinski definition) is 1. The van der Waals surface area contributed by atoms with Crippen molar-refractivity contribution in [2.24, 2.45) is 0 Å². The summed E-state index contributed by atoms with van der Waals surface area (Å²) in [5, 5.41) is 3.00. The Morgan fingerprint density at radius 1 is 1.53 bits per heavy atom. The van der Waals surface area contributed by atoms with Gasteiger partial charge in [-0.05, 0) is 18.6 Å². The minimum Gasteiger partial charge on any atom is -0.351 e. The lowest BCUT2D eigenvalue weighted by Gasteiger charge is -2.06. The van der Waals surface area contributed by atoms with Gasteiger partial charge in [-0.2, -0.15) is 0 Å². The average molecular weight is 275 g/mol. The minimum atomic E-state index is -0.902. The molecule has 0 aliphatic carbocycles. The number of aryl methyl sites for hydroxylation is 1. The molecule has 1 rings (SSSR count). The van der Waals surface area contributed by atoms with Gasteiger partial charge in [0.15, 0.2) is 0 Å². The van der Waals surface area contributed by atoms with E-state index in [1.54, 1.807) is 12.3 Å². The van der Waals surface area contributed by atoms with Crippen molar-refractivity contribution in [2.75, 3.05) is 18.6 Å². The highest BCUT2D eigenvalue weighted by molar-refractivity contribution is 7.84. The molecule has 0 saturated carbocycles. The highest BCUT2D eigenvalue weighted by atomic mass is 35.5. The molecule has 1 unspecified atom stereocenters. The van der Waals surface area contributed by atoms with Crippen molar-refractivity contribution in [3.8, 4) is 0 Å². The Morgan fingerprint density at radius 2 is 2.24 bits per heavy atom. The van der Waals surface area contributed by atoms with Crippen molar-refractivity contribution in [3.63, 3.8) is 0 Å². The van der Waals surface area contributed by atoms with Gasteiger partial charge < -0.3 is 5.32 Å². The first-order chi connectivity index (χ1) is 8.02.